The van der Waals surface area contributed by atoms with Gasteiger partial charge in [0.05, 0.1) is 6.33 Å². The molecule has 0 radical (unpaired) electrons. The third-order valence-corrected chi connectivity index (χ3v) is 2.56. The van der Waals surface area contributed by atoms with E-state index >= 15 is 0 Å². The fraction of sp³-hybridized carbons (Fsp3) is 0.231. The van der Waals surface area contributed by atoms with Gasteiger partial charge in [0.25, 0.3) is 0 Å². The number of nitrogens with zero attached hydrogens (tertiary/aromatic N) is 2. The van der Waals surface area contributed by atoms with E-state index in [0.29, 0.717) is 6.42 Å². The van der Waals surface area contributed by atoms with Gasteiger partial charge in [0, 0.05) is 24.9 Å². The van der Waals surface area contributed by atoms with Crippen LogP contribution in [0.3, 0.4) is 0 Å². The number of carbonyl (C=O) groups excluding carboxylic acids is 1. The van der Waals surface area contributed by atoms with Gasteiger partial charge in [-0.1, -0.05) is 29.8 Å². The summed E-state index contributed by atoms with van der Waals surface area (Å²) in [6.45, 7) is 2.84. The number of aromatic nitrogens is 2. The lowest BCUT2D eigenvalue weighted by Crippen LogP contribution is -2.03. The van der Waals surface area contributed by atoms with E-state index in [1.54, 1.807) is 12.5 Å². The summed E-state index contributed by atoms with van der Waals surface area (Å²) in [5.41, 5.74) is 3.42. The molecule has 0 spiro atoms. The summed E-state index contributed by atoms with van der Waals surface area (Å²) in [5, 5.41) is 0. The zero-order valence-electron chi connectivity index (χ0n) is 9.26. The van der Waals surface area contributed by atoms with Crippen LogP contribution < -0.4 is 0 Å². The number of aryl methyl sites for hydroxylation is 1. The van der Waals surface area contributed by atoms with Crippen molar-refractivity contribution in [2.45, 2.75) is 19.9 Å². The van der Waals surface area contributed by atoms with Crippen LogP contribution in [0, 0.1) is 6.92 Å². The Labute approximate surface area is 94.7 Å². The van der Waals surface area contributed by atoms with Crippen LogP contribution in [0.1, 0.15) is 16.8 Å². The molecule has 2 aromatic rings. The van der Waals surface area contributed by atoms with Gasteiger partial charge in [-0.05, 0) is 12.5 Å². The Balaban J connectivity index is 2.16. The van der Waals surface area contributed by atoms with Gasteiger partial charge >= 0.3 is 0 Å². The van der Waals surface area contributed by atoms with E-state index in [4.69, 9.17) is 0 Å². The fourth-order valence-corrected chi connectivity index (χ4v) is 1.64. The standard InChI is InChI=1S/C13H14N2O/c1-11-2-4-12(5-3-11)9-15-10-14-8-13(15)6-7-16/h2-5,7-8,10H,6,9H2,1H3. The molecule has 0 aliphatic carbocycles. The van der Waals surface area contributed by atoms with Gasteiger partial charge in [0.1, 0.15) is 6.29 Å². The first-order chi connectivity index (χ1) is 7.79. The van der Waals surface area contributed by atoms with Gasteiger partial charge in [-0.25, -0.2) is 4.98 Å². The quantitative estimate of drug-likeness (QED) is 0.729. The minimum Gasteiger partial charge on any atom is -0.330 e. The number of carbonyl (C=O) groups is 1. The van der Waals surface area contributed by atoms with Crippen molar-refractivity contribution in [1.82, 2.24) is 9.55 Å². The van der Waals surface area contributed by atoms with Crippen LogP contribution in [0.5, 0.6) is 0 Å². The summed E-state index contributed by atoms with van der Waals surface area (Å²) < 4.78 is 2.00. The zero-order valence-corrected chi connectivity index (χ0v) is 9.26. The van der Waals surface area contributed by atoms with Crippen molar-refractivity contribution < 1.29 is 4.79 Å². The minimum absolute atomic E-state index is 0.422. The maximum atomic E-state index is 10.5. The van der Waals surface area contributed by atoms with Gasteiger partial charge < -0.3 is 9.36 Å². The Morgan fingerprint density at radius 3 is 2.75 bits per heavy atom. The molecule has 0 amide bonds. The summed E-state index contributed by atoms with van der Waals surface area (Å²) in [7, 11) is 0. The molecule has 0 aliphatic rings. The van der Waals surface area contributed by atoms with Crippen molar-refractivity contribution >= 4 is 6.29 Å². The first-order valence-electron chi connectivity index (χ1n) is 5.28. The second kappa shape index (κ2) is 4.75. The molecule has 3 nitrogen and oxygen atoms in total. The van der Waals surface area contributed by atoms with Crippen LogP contribution in [-0.4, -0.2) is 15.8 Å². The Morgan fingerprint density at radius 2 is 2.06 bits per heavy atom. The van der Waals surface area contributed by atoms with E-state index < -0.39 is 0 Å². The van der Waals surface area contributed by atoms with Crippen LogP contribution in [0.4, 0.5) is 0 Å². The van der Waals surface area contributed by atoms with E-state index in [0.717, 1.165) is 18.5 Å². The molecular weight excluding hydrogens is 200 g/mol. The largest absolute Gasteiger partial charge is 0.330 e. The molecular formula is C13H14N2O. The van der Waals surface area contributed by atoms with E-state index in [9.17, 15) is 4.79 Å². The van der Waals surface area contributed by atoms with Crippen LogP contribution in [0.15, 0.2) is 36.8 Å². The maximum Gasteiger partial charge on any atom is 0.125 e. The van der Waals surface area contributed by atoms with E-state index in [1.165, 1.54) is 11.1 Å². The summed E-state index contributed by atoms with van der Waals surface area (Å²) >= 11 is 0. The summed E-state index contributed by atoms with van der Waals surface area (Å²) in [4.78, 5) is 14.5. The van der Waals surface area contributed by atoms with Gasteiger partial charge in [-0.2, -0.15) is 0 Å². The Morgan fingerprint density at radius 1 is 1.31 bits per heavy atom. The average Bonchev–Trinajstić information content (AvgIpc) is 2.70. The predicted octanol–water partition coefficient (Wildman–Crippen LogP) is 1.98. The van der Waals surface area contributed by atoms with Crippen molar-refractivity contribution in [3.05, 3.63) is 53.6 Å². The van der Waals surface area contributed by atoms with Crippen LogP contribution in [-0.2, 0) is 17.8 Å². The smallest absolute Gasteiger partial charge is 0.125 e. The minimum atomic E-state index is 0.422. The van der Waals surface area contributed by atoms with E-state index in [1.807, 2.05) is 4.57 Å². The number of rotatable bonds is 4. The second-order valence-electron chi connectivity index (χ2n) is 3.87. The fourth-order valence-electron chi connectivity index (χ4n) is 1.64. The summed E-state index contributed by atoms with van der Waals surface area (Å²) in [6, 6.07) is 8.37. The van der Waals surface area contributed by atoms with Gasteiger partial charge in [-0.3, -0.25) is 0 Å². The van der Waals surface area contributed by atoms with Gasteiger partial charge in [0.15, 0.2) is 0 Å². The zero-order chi connectivity index (χ0) is 11.4. The van der Waals surface area contributed by atoms with Crippen molar-refractivity contribution in [1.29, 1.82) is 0 Å². The first kappa shape index (κ1) is 10.6. The molecule has 0 N–H and O–H groups in total. The highest BCUT2D eigenvalue weighted by atomic mass is 16.1. The van der Waals surface area contributed by atoms with Crippen LogP contribution in [0.2, 0.25) is 0 Å². The SMILES string of the molecule is Cc1ccc(Cn2cncc2CC=O)cc1. The highest BCUT2D eigenvalue weighted by Crippen LogP contribution is 2.08. The molecule has 0 aliphatic heterocycles. The third-order valence-electron chi connectivity index (χ3n) is 2.56. The molecule has 3 heteroatoms. The monoisotopic (exact) mass is 214 g/mol. The molecule has 0 atom stereocenters. The van der Waals surface area contributed by atoms with Crippen LogP contribution >= 0.6 is 0 Å². The molecule has 0 saturated heterocycles. The van der Waals surface area contributed by atoms with Gasteiger partial charge in [-0.15, -0.1) is 0 Å². The van der Waals surface area contributed by atoms with E-state index in [-0.39, 0.29) is 0 Å². The second-order valence-corrected chi connectivity index (χ2v) is 3.87. The van der Waals surface area contributed by atoms with Crippen molar-refractivity contribution in [3.8, 4) is 0 Å². The number of imidazole rings is 1. The normalized spacial score (nSPS) is 10.3. The number of aldehydes is 1. The van der Waals surface area contributed by atoms with Gasteiger partial charge in [0.2, 0.25) is 0 Å². The number of hydrogen-bond acceptors (Lipinski definition) is 2. The summed E-state index contributed by atoms with van der Waals surface area (Å²) in [5.74, 6) is 0. The Hall–Kier alpha value is -1.90. The molecule has 82 valence electrons. The maximum absolute atomic E-state index is 10.5. The van der Waals surface area contributed by atoms with E-state index in [2.05, 4.69) is 36.2 Å². The molecule has 0 saturated carbocycles. The number of benzene rings is 1. The Bertz CT molecular complexity index is 471. The molecule has 1 aromatic carbocycles. The predicted molar refractivity (Wildman–Crippen MR) is 62.3 cm³/mol. The molecule has 0 fully saturated rings. The lowest BCUT2D eigenvalue weighted by atomic mass is 10.1. The highest BCUT2D eigenvalue weighted by Gasteiger charge is 2.01. The first-order valence-corrected chi connectivity index (χ1v) is 5.28. The topological polar surface area (TPSA) is 34.9 Å². The molecule has 0 bridgehead atoms. The molecule has 16 heavy (non-hydrogen) atoms. The molecule has 0 unspecified atom stereocenters. The lowest BCUT2D eigenvalue weighted by molar-refractivity contribution is -0.107. The lowest BCUT2D eigenvalue weighted by Gasteiger charge is -2.06. The summed E-state index contributed by atoms with van der Waals surface area (Å²) in [6.07, 6.45) is 4.83. The Kier molecular flexibility index (Phi) is 3.15. The van der Waals surface area contributed by atoms with Crippen LogP contribution in [0.25, 0.3) is 0 Å². The molecule has 1 heterocycles. The highest BCUT2D eigenvalue weighted by molar-refractivity contribution is 5.53. The van der Waals surface area contributed by atoms with Crippen molar-refractivity contribution in [3.63, 3.8) is 0 Å². The number of hydrogen-bond donors (Lipinski definition) is 0. The van der Waals surface area contributed by atoms with Crippen molar-refractivity contribution in [2.75, 3.05) is 0 Å². The molecule has 2 rings (SSSR count). The third kappa shape index (κ3) is 2.37. The molecule has 1 aromatic heterocycles. The average molecular weight is 214 g/mol. The van der Waals surface area contributed by atoms with Crippen molar-refractivity contribution in [2.24, 2.45) is 0 Å².